The summed E-state index contributed by atoms with van der Waals surface area (Å²) >= 11 is 0. The highest BCUT2D eigenvalue weighted by Gasteiger charge is 2.28. The van der Waals surface area contributed by atoms with Crippen LogP contribution in [0.2, 0.25) is 0 Å². The lowest BCUT2D eigenvalue weighted by atomic mass is 10.2. The lowest BCUT2D eigenvalue weighted by Gasteiger charge is -2.16. The molecule has 0 saturated heterocycles. The van der Waals surface area contributed by atoms with Crippen molar-refractivity contribution >= 4 is 21.6 Å². The average molecular weight is 554 g/mol. The monoisotopic (exact) mass is 553 g/mol. The second-order valence-corrected chi connectivity index (χ2v) is 10.4. The fourth-order valence-corrected chi connectivity index (χ4v) is 5.12. The van der Waals surface area contributed by atoms with Crippen LogP contribution in [0.4, 0.5) is 5.69 Å². The van der Waals surface area contributed by atoms with E-state index in [0.29, 0.717) is 23.4 Å². The van der Waals surface area contributed by atoms with E-state index in [4.69, 9.17) is 9.15 Å². The summed E-state index contributed by atoms with van der Waals surface area (Å²) in [6.07, 6.45) is 2.00. The van der Waals surface area contributed by atoms with Crippen LogP contribution in [0.1, 0.15) is 42.1 Å². The second kappa shape index (κ2) is 11.5. The van der Waals surface area contributed by atoms with E-state index >= 15 is 0 Å². The van der Waals surface area contributed by atoms with Crippen molar-refractivity contribution in [2.75, 3.05) is 0 Å². The first-order valence-corrected chi connectivity index (χ1v) is 13.5. The minimum atomic E-state index is -4.21. The minimum absolute atomic E-state index is 0.0458. The highest BCUT2D eigenvalue weighted by Crippen LogP contribution is 2.35. The quantitative estimate of drug-likeness (QED) is 0.203. The van der Waals surface area contributed by atoms with Gasteiger partial charge in [0.2, 0.25) is 15.9 Å². The van der Waals surface area contributed by atoms with Crippen molar-refractivity contribution in [3.8, 4) is 17.3 Å². The molecule has 2 N–H and O–H groups in total. The molecule has 0 spiro atoms. The predicted molar refractivity (Wildman–Crippen MR) is 141 cm³/mol. The molecular formula is C26H27N5O7S. The van der Waals surface area contributed by atoms with Gasteiger partial charge in [0.05, 0.1) is 23.4 Å². The first kappa shape index (κ1) is 27.5. The molecule has 4 rings (SSSR count). The normalized spacial score (nSPS) is 12.2. The number of ether oxygens (including phenoxy) is 1. The number of carbonyl (C=O) groups excluding carboxylic acids is 1. The maximum absolute atomic E-state index is 13.2. The fourth-order valence-electron chi connectivity index (χ4n) is 3.64. The Morgan fingerprint density at radius 1 is 1.18 bits per heavy atom. The summed E-state index contributed by atoms with van der Waals surface area (Å²) in [4.78, 5) is 23.4. The number of nitrogens with one attached hydrogen (secondary N) is 2. The summed E-state index contributed by atoms with van der Waals surface area (Å²) in [5, 5.41) is 18.6. The molecule has 2 heterocycles. The molecule has 4 aromatic rings. The standard InChI is InChI=1S/C26H27N5O7S/c1-4-17(2)29-39(35,36)23-15-20(31(33)34)12-13-22(23)38-26-18(3)24(25(32)27-16-21-11-8-14-37-21)28-30(26)19-9-6-5-7-10-19/h5-15,17,29H,4,16H2,1-3H3,(H,27,32). The Balaban J connectivity index is 1.79. The van der Waals surface area contributed by atoms with Crippen molar-refractivity contribution < 1.29 is 27.3 Å². The number of aromatic nitrogens is 2. The van der Waals surface area contributed by atoms with Crippen molar-refractivity contribution in [3.05, 3.63) is 94.1 Å². The molecule has 0 saturated carbocycles. The molecule has 0 fully saturated rings. The number of hydrogen-bond acceptors (Lipinski definition) is 8. The largest absolute Gasteiger partial charge is 0.467 e. The molecule has 1 atom stereocenters. The maximum atomic E-state index is 13.2. The van der Waals surface area contributed by atoms with Gasteiger partial charge in [-0.3, -0.25) is 14.9 Å². The van der Waals surface area contributed by atoms with Gasteiger partial charge in [-0.15, -0.1) is 0 Å². The lowest BCUT2D eigenvalue weighted by Crippen LogP contribution is -2.32. The van der Waals surface area contributed by atoms with Gasteiger partial charge >= 0.3 is 0 Å². The number of furan rings is 1. The number of nitrogens with zero attached hydrogens (tertiary/aromatic N) is 3. The number of hydrogen-bond donors (Lipinski definition) is 2. The Morgan fingerprint density at radius 2 is 1.92 bits per heavy atom. The van der Waals surface area contributed by atoms with Gasteiger partial charge < -0.3 is 14.5 Å². The van der Waals surface area contributed by atoms with E-state index in [-0.39, 0.29) is 23.9 Å². The molecule has 12 nitrogen and oxygen atoms in total. The maximum Gasteiger partial charge on any atom is 0.272 e. The molecule has 2 aromatic carbocycles. The third kappa shape index (κ3) is 6.16. The molecule has 0 aliphatic rings. The van der Waals surface area contributed by atoms with Crippen LogP contribution in [-0.4, -0.2) is 35.1 Å². The van der Waals surface area contributed by atoms with E-state index in [9.17, 15) is 23.3 Å². The molecule has 0 aliphatic carbocycles. The van der Waals surface area contributed by atoms with Crippen molar-refractivity contribution in [2.24, 2.45) is 0 Å². The first-order chi connectivity index (χ1) is 18.6. The summed E-state index contributed by atoms with van der Waals surface area (Å²) in [5.41, 5.74) is 0.500. The van der Waals surface area contributed by atoms with Crippen molar-refractivity contribution in [2.45, 2.75) is 44.7 Å². The summed E-state index contributed by atoms with van der Waals surface area (Å²) in [6, 6.07) is 15.1. The smallest absolute Gasteiger partial charge is 0.272 e. The van der Waals surface area contributed by atoms with Crippen LogP contribution < -0.4 is 14.8 Å². The summed E-state index contributed by atoms with van der Waals surface area (Å²) < 4.78 is 41.7. The zero-order valence-corrected chi connectivity index (χ0v) is 22.3. The number of non-ortho nitro benzene ring substituents is 1. The van der Waals surface area contributed by atoms with E-state index in [2.05, 4.69) is 15.1 Å². The third-order valence-electron chi connectivity index (χ3n) is 5.89. The number of nitro groups is 1. The average Bonchev–Trinajstić information content (AvgIpc) is 3.56. The summed E-state index contributed by atoms with van der Waals surface area (Å²) in [5.74, 6) is -0.0507. The molecule has 13 heteroatoms. The Morgan fingerprint density at radius 3 is 2.56 bits per heavy atom. The minimum Gasteiger partial charge on any atom is -0.467 e. The number of benzene rings is 2. The predicted octanol–water partition coefficient (Wildman–Crippen LogP) is 4.48. The summed E-state index contributed by atoms with van der Waals surface area (Å²) in [7, 11) is -4.21. The molecule has 39 heavy (non-hydrogen) atoms. The Labute approximate surface area is 224 Å². The topological polar surface area (TPSA) is 159 Å². The zero-order chi connectivity index (χ0) is 28.2. The van der Waals surface area contributed by atoms with Crippen LogP contribution in [0.5, 0.6) is 11.6 Å². The van der Waals surface area contributed by atoms with Gasteiger partial charge in [-0.2, -0.15) is 9.78 Å². The van der Waals surface area contributed by atoms with Gasteiger partial charge in [0.25, 0.3) is 11.6 Å². The van der Waals surface area contributed by atoms with Gasteiger partial charge in [0.1, 0.15) is 16.4 Å². The van der Waals surface area contributed by atoms with E-state index in [1.165, 1.54) is 17.0 Å². The molecular weight excluding hydrogens is 526 g/mol. The highest BCUT2D eigenvalue weighted by molar-refractivity contribution is 7.89. The number of carbonyl (C=O) groups is 1. The lowest BCUT2D eigenvalue weighted by molar-refractivity contribution is -0.385. The van der Waals surface area contributed by atoms with E-state index in [1.807, 2.05) is 0 Å². The first-order valence-electron chi connectivity index (χ1n) is 12.0. The van der Waals surface area contributed by atoms with Crippen LogP contribution in [0, 0.1) is 17.0 Å². The molecule has 204 valence electrons. The molecule has 0 radical (unpaired) electrons. The number of para-hydroxylation sites is 1. The Bertz CT molecular complexity index is 1580. The number of rotatable bonds is 11. The van der Waals surface area contributed by atoms with Crippen LogP contribution in [0.25, 0.3) is 5.69 Å². The van der Waals surface area contributed by atoms with E-state index in [1.54, 1.807) is 63.2 Å². The molecule has 1 unspecified atom stereocenters. The van der Waals surface area contributed by atoms with Crippen molar-refractivity contribution in [3.63, 3.8) is 0 Å². The summed E-state index contributed by atoms with van der Waals surface area (Å²) in [6.45, 7) is 5.22. The van der Waals surface area contributed by atoms with Crippen LogP contribution in [0.15, 0.2) is 76.2 Å². The molecule has 0 aliphatic heterocycles. The van der Waals surface area contributed by atoms with E-state index < -0.39 is 37.5 Å². The van der Waals surface area contributed by atoms with Crippen LogP contribution in [-0.2, 0) is 16.6 Å². The van der Waals surface area contributed by atoms with E-state index in [0.717, 1.165) is 12.1 Å². The van der Waals surface area contributed by atoms with Crippen LogP contribution >= 0.6 is 0 Å². The van der Waals surface area contributed by atoms with Gasteiger partial charge in [0.15, 0.2) is 5.69 Å². The molecule has 0 bridgehead atoms. The van der Waals surface area contributed by atoms with Gasteiger partial charge in [0, 0.05) is 23.7 Å². The van der Waals surface area contributed by atoms with Crippen molar-refractivity contribution in [1.29, 1.82) is 0 Å². The van der Waals surface area contributed by atoms with Crippen LogP contribution in [0.3, 0.4) is 0 Å². The number of nitro benzene ring substituents is 1. The number of sulfonamides is 1. The number of amides is 1. The zero-order valence-electron chi connectivity index (χ0n) is 21.5. The van der Waals surface area contributed by atoms with Gasteiger partial charge in [-0.05, 0) is 50.6 Å². The van der Waals surface area contributed by atoms with Crippen molar-refractivity contribution in [1.82, 2.24) is 19.8 Å². The van der Waals surface area contributed by atoms with Gasteiger partial charge in [-0.1, -0.05) is 25.1 Å². The molecule has 2 aromatic heterocycles. The molecule has 1 amide bonds. The highest BCUT2D eigenvalue weighted by atomic mass is 32.2. The Kier molecular flexibility index (Phi) is 8.12. The van der Waals surface area contributed by atoms with Gasteiger partial charge in [-0.25, -0.2) is 13.1 Å². The third-order valence-corrected chi connectivity index (χ3v) is 7.50. The SMILES string of the molecule is CCC(C)NS(=O)(=O)c1cc([N+](=O)[O-])ccc1Oc1c(C)c(C(=O)NCc2ccco2)nn1-c1ccccc1. The Hall–Kier alpha value is -4.49. The second-order valence-electron chi connectivity index (χ2n) is 8.71. The fraction of sp³-hybridized carbons (Fsp3) is 0.231.